The molecule has 7 N–H and O–H groups in total. The van der Waals surface area contributed by atoms with Crippen LogP contribution in [0.25, 0.3) is 11.1 Å². The van der Waals surface area contributed by atoms with Gasteiger partial charge in [-0.2, -0.15) is 0 Å². The Hall–Kier alpha value is -7.82. The summed E-state index contributed by atoms with van der Waals surface area (Å²) in [5, 5.41) is 16.9. The molecule has 0 radical (unpaired) electrons. The van der Waals surface area contributed by atoms with Crippen LogP contribution in [0.4, 0.5) is 10.6 Å². The number of aliphatic hydroxyl groups is 1. The predicted octanol–water partition coefficient (Wildman–Crippen LogP) is 10.2. The second-order valence-corrected chi connectivity index (χ2v) is 33.1. The van der Waals surface area contributed by atoms with E-state index in [2.05, 4.69) is 15.6 Å². The molecule has 8 rings (SSSR count). The van der Waals surface area contributed by atoms with Crippen molar-refractivity contribution >= 4 is 64.7 Å². The number of cyclic esters (lactones) is 1. The number of benzene rings is 2. The number of aryl methyl sites for hydroxylation is 1. The maximum atomic E-state index is 14.5. The fourth-order valence-corrected chi connectivity index (χ4v) is 16.1. The number of pyridine rings is 1. The van der Waals surface area contributed by atoms with E-state index in [-0.39, 0.29) is 111 Å². The molecule has 2 aromatic carbocycles. The van der Waals surface area contributed by atoms with Gasteiger partial charge in [0.05, 0.1) is 131 Å². The number of carbonyl (C=O) groups excluding carboxylic acids is 8. The van der Waals surface area contributed by atoms with Gasteiger partial charge in [0.2, 0.25) is 11.7 Å². The quantitative estimate of drug-likeness (QED) is 0.0117. The highest BCUT2D eigenvalue weighted by Crippen LogP contribution is 2.35. The minimum Gasteiger partial charge on any atom is -0.491 e. The lowest BCUT2D eigenvalue weighted by atomic mass is 9.81. The van der Waals surface area contributed by atoms with Gasteiger partial charge in [0.15, 0.2) is 0 Å². The van der Waals surface area contributed by atoms with E-state index in [1.165, 1.54) is 4.90 Å². The standard InChI is InChI=1S/C91H133N7O22S/c1-62-14-9-8-10-15-63(2)83(108-7)57-73-16-13-18-82(118-73)87(103)89(105)98-32-12-11-17-77(98)90(106)120-84(59-80(101)67(6)53-66(5)79(100)58-78(99)65(4)52-62)76(92)55-68-19-23-72(24-20-68)119-91(107)95-30-35-110-38-40-112-42-44-114-46-48-116-50-49-115-47-45-113-43-41-111-39-37-109-34-29-86(102)94-31-51-121-74-25-26-75(64(3)54-74)88(104)97-33-36-117-81-27-21-69(56-71(81)61-97)70-22-28-85(93)96-60-70/h8-10,14-15,21-22,25-28,53-54,56,60,62,65,67-68,72-73,76-77,79,82-84,100H,11-13,16-20,23-24,29-52,55,57-59,61,92H2,1-7H3,(H2,93,96)(H,94,102)(H,95,107)/b10-8?,14-9+,63-15?,66-53+/t62-,65-,67-,68?,72?,73+,76-,77+,79+,82?,83+,84+/m1/s1. The van der Waals surface area contributed by atoms with Gasteiger partial charge in [-0.25, -0.2) is 14.6 Å². The number of allylic oxidation sites excluding steroid dienone is 6. The van der Waals surface area contributed by atoms with Gasteiger partial charge >= 0.3 is 12.1 Å². The monoisotopic (exact) mass is 1710 g/mol. The molecule has 2 saturated heterocycles. The van der Waals surface area contributed by atoms with Crippen LogP contribution in [0.15, 0.2) is 107 Å². The van der Waals surface area contributed by atoms with Crippen LogP contribution < -0.4 is 26.8 Å². The number of thioether (sulfide) groups is 1. The SMILES string of the molecule is CO[C@H]1C[C@@H]2CCCC(O2)C(=O)C(=O)N2CCCC[C@H]2C(=O)O[C@H]([C@H](N)CC2CCC(OC(=O)NCCOCCOCCOCCOCCOCCOCCOCCOCCC(=O)NCCSc3ccc(C(=O)N4CCOc5ccc(-c6ccc(N)nc6)cc5C4)c(C)c3)CC2)CC(=O)[C@H](C)/C=C(\C)[C@@H](O)CC(=O)[C@H](C)C[C@H](C)/C=C/C=CC=C1C. The lowest BCUT2D eigenvalue weighted by Gasteiger charge is -2.37. The first kappa shape index (κ1) is 98.6. The number of nitrogens with one attached hydrogen (secondary N) is 2. The van der Waals surface area contributed by atoms with Crippen LogP contribution >= 0.6 is 11.8 Å². The Kier molecular flexibility index (Phi) is 44.6. The first-order chi connectivity index (χ1) is 58.5. The molecule has 4 amide bonds. The summed E-state index contributed by atoms with van der Waals surface area (Å²) in [6, 6.07) is 13.6. The van der Waals surface area contributed by atoms with E-state index >= 15 is 0 Å². The van der Waals surface area contributed by atoms with Crippen molar-refractivity contribution in [2.24, 2.45) is 29.4 Å². The number of amides is 4. The largest absolute Gasteiger partial charge is 0.491 e. The Morgan fingerprint density at radius 1 is 0.678 bits per heavy atom. The van der Waals surface area contributed by atoms with Crippen LogP contribution in [0.3, 0.4) is 0 Å². The summed E-state index contributed by atoms with van der Waals surface area (Å²) >= 11 is 1.61. The van der Waals surface area contributed by atoms with Gasteiger partial charge in [-0.05, 0) is 174 Å². The van der Waals surface area contributed by atoms with Crippen molar-refractivity contribution in [1.82, 2.24) is 25.4 Å². The summed E-state index contributed by atoms with van der Waals surface area (Å²) in [6.07, 6.45) is 15.3. The minimum absolute atomic E-state index is 0.0458. The van der Waals surface area contributed by atoms with E-state index in [0.717, 1.165) is 38.5 Å². The molecule has 30 heteroatoms. The molecule has 3 fully saturated rings. The smallest absolute Gasteiger partial charge is 0.407 e. The highest BCUT2D eigenvalue weighted by atomic mass is 32.2. The van der Waals surface area contributed by atoms with Crippen LogP contribution in [0.2, 0.25) is 0 Å². The number of hydrogen-bond donors (Lipinski definition) is 5. The Balaban J connectivity index is 0.606. The van der Waals surface area contributed by atoms with E-state index < -0.39 is 60.1 Å². The van der Waals surface area contributed by atoms with E-state index in [1.807, 2.05) is 105 Å². The van der Waals surface area contributed by atoms with Crippen molar-refractivity contribution < 1.29 is 105 Å². The van der Waals surface area contributed by atoms with Gasteiger partial charge in [0, 0.05) is 110 Å². The molecule has 10 atom stereocenters. The van der Waals surface area contributed by atoms with Crippen LogP contribution in [-0.4, -0.2) is 267 Å². The number of anilines is 1. The number of Topliss-reactive ketones (excluding diaryl/α,β-unsaturated/α-hetero) is 3. The summed E-state index contributed by atoms with van der Waals surface area (Å²) in [6.45, 7) is 19.3. The van der Waals surface area contributed by atoms with E-state index in [4.69, 9.17) is 73.0 Å². The number of ether oxygens (including phenoxy) is 13. The molecule has 1 aliphatic carbocycles. The third kappa shape index (κ3) is 35.4. The zero-order valence-electron chi connectivity index (χ0n) is 72.1. The third-order valence-corrected chi connectivity index (χ3v) is 23.4. The number of carbonyl (C=O) groups is 8. The number of nitrogens with two attached hydrogens (primary N) is 2. The first-order valence-corrected chi connectivity index (χ1v) is 44.3. The topological polar surface area (TPSA) is 372 Å². The van der Waals surface area contributed by atoms with E-state index in [0.29, 0.717) is 218 Å². The average Bonchev–Trinajstić information content (AvgIpc) is 1.79. The Morgan fingerprint density at radius 3 is 1.99 bits per heavy atom. The fourth-order valence-electron chi connectivity index (χ4n) is 15.3. The van der Waals surface area contributed by atoms with Gasteiger partial charge in [-0.1, -0.05) is 63.3 Å². The van der Waals surface area contributed by atoms with Gasteiger partial charge in [-0.15, -0.1) is 11.8 Å². The van der Waals surface area contributed by atoms with Gasteiger partial charge in [0.1, 0.15) is 54.1 Å². The highest BCUT2D eigenvalue weighted by Gasteiger charge is 2.43. The van der Waals surface area contributed by atoms with Crippen LogP contribution in [0, 0.1) is 30.6 Å². The van der Waals surface area contributed by atoms with Crippen molar-refractivity contribution in [1.29, 1.82) is 0 Å². The zero-order chi connectivity index (χ0) is 86.7. The third-order valence-electron chi connectivity index (χ3n) is 22.4. The fraction of sp³-hybridized carbons (Fsp3) is 0.637. The lowest BCUT2D eigenvalue weighted by Crippen LogP contribution is -2.55. The number of aliphatic hydroxyl groups excluding tert-OH is 1. The number of fused-ring (bicyclic) bond motifs is 4. The number of piperidine rings is 1. The summed E-state index contributed by atoms with van der Waals surface area (Å²) in [7, 11) is 1.63. The Bertz CT molecular complexity index is 3840. The summed E-state index contributed by atoms with van der Waals surface area (Å²) in [5.41, 5.74) is 18.5. The number of nitrogen functional groups attached to an aromatic ring is 1. The molecule has 29 nitrogen and oxygen atoms in total. The van der Waals surface area contributed by atoms with Crippen LogP contribution in [0.1, 0.15) is 159 Å². The molecule has 121 heavy (non-hydrogen) atoms. The normalized spacial score (nSPS) is 24.4. The second kappa shape index (κ2) is 54.7. The Labute approximate surface area is 718 Å². The molecule has 1 unspecified atom stereocenters. The van der Waals surface area contributed by atoms with Gasteiger partial charge in [0.25, 0.3) is 11.8 Å². The van der Waals surface area contributed by atoms with Crippen molar-refractivity contribution in [2.45, 2.75) is 204 Å². The molecular weight excluding hydrogens is 1580 g/mol. The summed E-state index contributed by atoms with van der Waals surface area (Å²) in [4.78, 5) is 118. The molecule has 5 heterocycles. The Morgan fingerprint density at radius 2 is 1.34 bits per heavy atom. The summed E-state index contributed by atoms with van der Waals surface area (Å²) in [5.74, 6) is -1.87. The molecule has 4 aliphatic heterocycles. The number of ketones is 3. The first-order valence-electron chi connectivity index (χ1n) is 43.3. The number of nitrogens with zero attached hydrogens (tertiary/aromatic N) is 3. The molecule has 0 spiro atoms. The van der Waals surface area contributed by atoms with Crippen molar-refractivity contribution in [3.8, 4) is 16.9 Å². The number of aromatic nitrogens is 1. The molecule has 1 saturated carbocycles. The molecule has 3 aromatic rings. The molecule has 5 aliphatic rings. The number of esters is 1. The number of hydrogen-bond acceptors (Lipinski definition) is 26. The van der Waals surface area contributed by atoms with Crippen LogP contribution in [-0.2, 0) is 92.2 Å². The molecular formula is C91H133N7O22S. The molecule has 1 aromatic heterocycles. The summed E-state index contributed by atoms with van der Waals surface area (Å²) < 4.78 is 75.0. The van der Waals surface area contributed by atoms with Gasteiger partial charge < -0.3 is 98.6 Å². The van der Waals surface area contributed by atoms with Crippen molar-refractivity contribution in [2.75, 3.05) is 157 Å². The number of rotatable bonds is 38. The minimum atomic E-state index is -1.11. The molecule has 2 bridgehead atoms. The number of methoxy groups -OCH3 is 1. The maximum absolute atomic E-state index is 14.5. The second-order valence-electron chi connectivity index (χ2n) is 31.9. The zero-order valence-corrected chi connectivity index (χ0v) is 72.9. The maximum Gasteiger partial charge on any atom is 0.407 e. The molecule has 670 valence electrons. The van der Waals surface area contributed by atoms with Crippen molar-refractivity contribution in [3.05, 3.63) is 119 Å². The highest BCUT2D eigenvalue weighted by molar-refractivity contribution is 7.99. The van der Waals surface area contributed by atoms with Crippen molar-refractivity contribution in [3.63, 3.8) is 0 Å². The lowest BCUT2D eigenvalue weighted by molar-refractivity contribution is -0.167. The average molecular weight is 1710 g/mol. The number of alkyl carbamates (subject to hydrolysis) is 1. The van der Waals surface area contributed by atoms with E-state index in [9.17, 15) is 43.5 Å². The van der Waals surface area contributed by atoms with E-state index in [1.54, 1.807) is 51.1 Å². The predicted molar refractivity (Wildman–Crippen MR) is 459 cm³/mol. The van der Waals surface area contributed by atoms with Gasteiger partial charge in [-0.3, -0.25) is 28.8 Å². The van der Waals surface area contributed by atoms with Crippen LogP contribution in [0.5, 0.6) is 5.75 Å².